The molecule has 1 aromatic rings. The summed E-state index contributed by atoms with van der Waals surface area (Å²) in [6.45, 7) is 8.00. The fourth-order valence-corrected chi connectivity index (χ4v) is 4.38. The SMILES string of the molecule is CCOC(=O)C1=C(C)N=C2CC(C)(C)CC(=O)[C@@H]2[C@@H]1c1ccccc1Cl. The predicted octanol–water partition coefficient (Wildman–Crippen LogP) is 4.72. The van der Waals surface area contributed by atoms with Gasteiger partial charge in [-0.25, -0.2) is 4.79 Å². The van der Waals surface area contributed by atoms with Crippen LogP contribution in [0.15, 0.2) is 40.5 Å². The van der Waals surface area contributed by atoms with Crippen LogP contribution in [0.2, 0.25) is 5.02 Å². The predicted molar refractivity (Wildman–Crippen MR) is 102 cm³/mol. The molecule has 1 aliphatic carbocycles. The van der Waals surface area contributed by atoms with Crippen molar-refractivity contribution in [1.82, 2.24) is 0 Å². The van der Waals surface area contributed by atoms with Crippen LogP contribution in [0.5, 0.6) is 0 Å². The van der Waals surface area contributed by atoms with Crippen LogP contribution in [0.25, 0.3) is 0 Å². The number of carbonyl (C=O) groups excluding carboxylic acids is 2. The first-order valence-corrected chi connectivity index (χ1v) is 9.35. The van der Waals surface area contributed by atoms with E-state index in [2.05, 4.69) is 18.8 Å². The molecular formula is C21H24ClNO3. The quantitative estimate of drug-likeness (QED) is 0.720. The van der Waals surface area contributed by atoms with Gasteiger partial charge in [0.1, 0.15) is 5.78 Å². The molecule has 138 valence electrons. The molecule has 5 heteroatoms. The van der Waals surface area contributed by atoms with Gasteiger partial charge in [0.25, 0.3) is 0 Å². The molecule has 3 rings (SSSR count). The van der Waals surface area contributed by atoms with E-state index in [1.807, 2.05) is 25.1 Å². The van der Waals surface area contributed by atoms with Crippen molar-refractivity contribution < 1.29 is 14.3 Å². The van der Waals surface area contributed by atoms with E-state index in [-0.39, 0.29) is 17.8 Å². The van der Waals surface area contributed by atoms with Gasteiger partial charge in [-0.15, -0.1) is 0 Å². The Morgan fingerprint density at radius 1 is 1.27 bits per heavy atom. The average Bonchev–Trinajstić information content (AvgIpc) is 2.53. The molecule has 0 amide bonds. The van der Waals surface area contributed by atoms with Crippen LogP contribution in [-0.2, 0) is 14.3 Å². The van der Waals surface area contributed by atoms with Crippen molar-refractivity contribution >= 4 is 29.1 Å². The number of halogens is 1. The molecule has 1 heterocycles. The normalized spacial score (nSPS) is 24.8. The Morgan fingerprint density at radius 2 is 1.96 bits per heavy atom. The minimum absolute atomic E-state index is 0.110. The number of nitrogens with zero attached hydrogens (tertiary/aromatic N) is 1. The first-order chi connectivity index (χ1) is 12.2. The van der Waals surface area contributed by atoms with E-state index in [0.717, 1.165) is 17.7 Å². The van der Waals surface area contributed by atoms with Gasteiger partial charge in [-0.2, -0.15) is 0 Å². The number of hydrogen-bond acceptors (Lipinski definition) is 4. The molecule has 1 aromatic carbocycles. The second-order valence-electron chi connectivity index (χ2n) is 7.78. The number of ether oxygens (including phenoxy) is 1. The maximum absolute atomic E-state index is 13.1. The van der Waals surface area contributed by atoms with Gasteiger partial charge in [0.15, 0.2) is 0 Å². The summed E-state index contributed by atoms with van der Waals surface area (Å²) < 4.78 is 5.28. The zero-order valence-electron chi connectivity index (χ0n) is 15.6. The summed E-state index contributed by atoms with van der Waals surface area (Å²) in [5, 5.41) is 0.547. The molecule has 2 aliphatic rings. The Bertz CT molecular complexity index is 822. The van der Waals surface area contributed by atoms with Crippen molar-refractivity contribution in [1.29, 1.82) is 0 Å². The minimum Gasteiger partial charge on any atom is -0.463 e. The number of carbonyl (C=O) groups is 2. The smallest absolute Gasteiger partial charge is 0.336 e. The molecule has 0 saturated heterocycles. The van der Waals surface area contributed by atoms with E-state index in [1.165, 1.54) is 0 Å². The highest BCUT2D eigenvalue weighted by atomic mass is 35.5. The van der Waals surface area contributed by atoms with Crippen LogP contribution < -0.4 is 0 Å². The van der Waals surface area contributed by atoms with Crippen LogP contribution in [0.4, 0.5) is 0 Å². The van der Waals surface area contributed by atoms with Crippen molar-refractivity contribution in [2.45, 2.75) is 46.5 Å². The third-order valence-electron chi connectivity index (χ3n) is 5.10. The van der Waals surface area contributed by atoms with Crippen LogP contribution in [-0.4, -0.2) is 24.1 Å². The van der Waals surface area contributed by atoms with Gasteiger partial charge in [-0.05, 0) is 37.3 Å². The average molecular weight is 374 g/mol. The zero-order valence-corrected chi connectivity index (χ0v) is 16.4. The number of Topliss-reactive ketones (excluding diaryl/α,β-unsaturated/α-hetero) is 1. The fourth-order valence-electron chi connectivity index (χ4n) is 4.13. The number of benzene rings is 1. The molecule has 1 fully saturated rings. The highest BCUT2D eigenvalue weighted by molar-refractivity contribution is 6.31. The molecule has 0 spiro atoms. The molecule has 4 nitrogen and oxygen atoms in total. The van der Waals surface area contributed by atoms with Crippen molar-refractivity contribution in [2.75, 3.05) is 6.61 Å². The van der Waals surface area contributed by atoms with E-state index in [0.29, 0.717) is 22.7 Å². The van der Waals surface area contributed by atoms with Crippen molar-refractivity contribution in [3.05, 3.63) is 46.1 Å². The molecule has 0 aromatic heterocycles. The van der Waals surface area contributed by atoms with Crippen LogP contribution in [0, 0.1) is 11.3 Å². The number of rotatable bonds is 3. The molecule has 0 bridgehead atoms. The third kappa shape index (κ3) is 3.35. The number of ketones is 1. The summed E-state index contributed by atoms with van der Waals surface area (Å²) >= 11 is 6.46. The lowest BCUT2D eigenvalue weighted by Crippen LogP contribution is -2.44. The Balaban J connectivity index is 2.20. The van der Waals surface area contributed by atoms with Crippen molar-refractivity contribution in [3.8, 4) is 0 Å². The third-order valence-corrected chi connectivity index (χ3v) is 5.44. The van der Waals surface area contributed by atoms with Crippen LogP contribution in [0.1, 0.15) is 52.0 Å². The van der Waals surface area contributed by atoms with Gasteiger partial charge >= 0.3 is 5.97 Å². The summed E-state index contributed by atoms with van der Waals surface area (Å²) in [5.41, 5.74) is 2.56. The molecule has 26 heavy (non-hydrogen) atoms. The maximum Gasteiger partial charge on any atom is 0.336 e. The molecular weight excluding hydrogens is 350 g/mol. The molecule has 0 N–H and O–H groups in total. The second kappa shape index (κ2) is 6.99. The monoisotopic (exact) mass is 373 g/mol. The van der Waals surface area contributed by atoms with Crippen molar-refractivity contribution in [3.63, 3.8) is 0 Å². The van der Waals surface area contributed by atoms with Gasteiger partial charge in [-0.1, -0.05) is 43.6 Å². The lowest BCUT2D eigenvalue weighted by Gasteiger charge is -2.41. The number of allylic oxidation sites excluding steroid dienone is 1. The second-order valence-corrected chi connectivity index (χ2v) is 8.19. The maximum atomic E-state index is 13.1. The van der Waals surface area contributed by atoms with Crippen LogP contribution >= 0.6 is 11.6 Å². The Labute approximate surface area is 159 Å². The first-order valence-electron chi connectivity index (χ1n) is 8.97. The van der Waals surface area contributed by atoms with E-state index in [4.69, 9.17) is 16.3 Å². The van der Waals surface area contributed by atoms with Gasteiger partial charge in [0.2, 0.25) is 0 Å². The molecule has 0 radical (unpaired) electrons. The first kappa shape index (κ1) is 18.8. The van der Waals surface area contributed by atoms with Crippen molar-refractivity contribution in [2.24, 2.45) is 16.3 Å². The summed E-state index contributed by atoms with van der Waals surface area (Å²) in [4.78, 5) is 30.5. The summed E-state index contributed by atoms with van der Waals surface area (Å²) in [5.74, 6) is -1.21. The topological polar surface area (TPSA) is 55.7 Å². The van der Waals surface area contributed by atoms with E-state index in [9.17, 15) is 9.59 Å². The summed E-state index contributed by atoms with van der Waals surface area (Å²) in [6, 6.07) is 7.39. The highest BCUT2D eigenvalue weighted by Gasteiger charge is 2.48. The summed E-state index contributed by atoms with van der Waals surface area (Å²) in [7, 11) is 0. The lowest BCUT2D eigenvalue weighted by atomic mass is 9.63. The van der Waals surface area contributed by atoms with E-state index >= 15 is 0 Å². The largest absolute Gasteiger partial charge is 0.463 e. The van der Waals surface area contributed by atoms with E-state index < -0.39 is 17.8 Å². The lowest BCUT2D eigenvalue weighted by molar-refractivity contribution is -0.139. The number of hydrogen-bond donors (Lipinski definition) is 0. The Hall–Kier alpha value is -1.94. The molecule has 1 saturated carbocycles. The number of fused-ring (bicyclic) bond motifs is 1. The standard InChI is InChI=1S/C21H24ClNO3/c1-5-26-20(25)17-12(2)23-15-10-21(3,4)11-16(24)19(15)18(17)13-8-6-7-9-14(13)22/h6-9,18-19H,5,10-11H2,1-4H3/t18-,19-/m1/s1. The number of aliphatic imine (C=N–C) groups is 1. The van der Waals surface area contributed by atoms with Gasteiger partial charge in [0.05, 0.1) is 18.1 Å². The van der Waals surface area contributed by atoms with Crippen LogP contribution in [0.3, 0.4) is 0 Å². The van der Waals surface area contributed by atoms with E-state index in [1.54, 1.807) is 13.0 Å². The molecule has 0 unspecified atom stereocenters. The summed E-state index contributed by atoms with van der Waals surface area (Å²) in [6.07, 6.45) is 1.20. The zero-order chi connectivity index (χ0) is 19.1. The fraction of sp³-hybridized carbons (Fsp3) is 0.476. The van der Waals surface area contributed by atoms with Gasteiger partial charge in [0, 0.05) is 28.8 Å². The van der Waals surface area contributed by atoms with Gasteiger partial charge < -0.3 is 4.74 Å². The minimum atomic E-state index is -0.453. The highest BCUT2D eigenvalue weighted by Crippen LogP contribution is 2.48. The Morgan fingerprint density at radius 3 is 2.62 bits per heavy atom. The van der Waals surface area contributed by atoms with Gasteiger partial charge in [-0.3, -0.25) is 9.79 Å². The Kier molecular flexibility index (Phi) is 5.07. The number of esters is 1. The molecule has 1 aliphatic heterocycles. The molecule has 2 atom stereocenters.